The molecular weight excluding hydrogens is 218 g/mol. The van der Waals surface area contributed by atoms with Crippen LogP contribution in [-0.2, 0) is 4.79 Å². The first-order valence-electron chi connectivity index (χ1n) is 3.15. The lowest BCUT2D eigenvalue weighted by molar-refractivity contribution is -0.116. The average molecular weight is 227 g/mol. The number of halogens is 3. The van der Waals surface area contributed by atoms with E-state index in [4.69, 9.17) is 0 Å². The van der Waals surface area contributed by atoms with E-state index in [2.05, 4.69) is 15.9 Å². The molecule has 0 unspecified atom stereocenters. The SMILES string of the molecule is CC(=O)CC/C=C/C(F)(F)Br. The summed E-state index contributed by atoms with van der Waals surface area (Å²) in [6, 6.07) is 0. The van der Waals surface area contributed by atoms with E-state index in [0.29, 0.717) is 12.8 Å². The van der Waals surface area contributed by atoms with Crippen molar-refractivity contribution < 1.29 is 13.6 Å². The summed E-state index contributed by atoms with van der Waals surface area (Å²) in [6.45, 7) is 1.43. The highest BCUT2D eigenvalue weighted by atomic mass is 79.9. The standard InChI is InChI=1S/C7H9BrF2O/c1-6(11)4-2-3-5-7(8,9)10/h3,5H,2,4H2,1H3/b5-3+. The van der Waals surface area contributed by atoms with Crippen LogP contribution in [0.1, 0.15) is 19.8 Å². The van der Waals surface area contributed by atoms with E-state index in [0.717, 1.165) is 6.08 Å². The Morgan fingerprint density at radius 3 is 2.55 bits per heavy atom. The monoisotopic (exact) mass is 226 g/mol. The minimum absolute atomic E-state index is 0.00698. The van der Waals surface area contributed by atoms with Crippen LogP contribution in [0, 0.1) is 0 Å². The second kappa shape index (κ2) is 4.59. The molecule has 0 amide bonds. The Morgan fingerprint density at radius 1 is 1.64 bits per heavy atom. The zero-order chi connectivity index (χ0) is 8.91. The van der Waals surface area contributed by atoms with Crippen LogP contribution in [0.2, 0.25) is 0 Å². The van der Waals surface area contributed by atoms with E-state index in [1.54, 1.807) is 0 Å². The highest BCUT2D eigenvalue weighted by Gasteiger charge is 2.17. The number of hydrogen-bond acceptors (Lipinski definition) is 1. The Hall–Kier alpha value is -0.250. The molecule has 1 nitrogen and oxygen atoms in total. The van der Waals surface area contributed by atoms with Crippen molar-refractivity contribution in [2.24, 2.45) is 0 Å². The molecule has 0 saturated carbocycles. The highest BCUT2D eigenvalue weighted by Crippen LogP contribution is 2.22. The molecule has 0 bridgehead atoms. The average Bonchev–Trinajstić information content (AvgIpc) is 1.78. The van der Waals surface area contributed by atoms with Crippen molar-refractivity contribution in [2.75, 3.05) is 0 Å². The van der Waals surface area contributed by atoms with Crippen LogP contribution >= 0.6 is 15.9 Å². The van der Waals surface area contributed by atoms with Gasteiger partial charge in [-0.05, 0) is 35.4 Å². The van der Waals surface area contributed by atoms with Gasteiger partial charge < -0.3 is 4.79 Å². The van der Waals surface area contributed by atoms with Crippen molar-refractivity contribution in [3.63, 3.8) is 0 Å². The molecule has 0 heterocycles. The van der Waals surface area contributed by atoms with Gasteiger partial charge in [0.15, 0.2) is 0 Å². The first-order valence-corrected chi connectivity index (χ1v) is 3.95. The third-order valence-corrected chi connectivity index (χ3v) is 1.23. The second-order valence-corrected chi connectivity index (χ2v) is 3.24. The van der Waals surface area contributed by atoms with E-state index in [-0.39, 0.29) is 5.78 Å². The molecule has 11 heavy (non-hydrogen) atoms. The van der Waals surface area contributed by atoms with Gasteiger partial charge in [-0.3, -0.25) is 0 Å². The molecule has 4 heteroatoms. The molecule has 0 rings (SSSR count). The smallest absolute Gasteiger partial charge is 0.300 e. The number of rotatable bonds is 4. The maximum absolute atomic E-state index is 12.0. The molecule has 0 aromatic rings. The summed E-state index contributed by atoms with van der Waals surface area (Å²) in [5.41, 5.74) is 0. The fourth-order valence-corrected chi connectivity index (χ4v) is 0.690. The van der Waals surface area contributed by atoms with Crippen molar-refractivity contribution in [3.8, 4) is 0 Å². The van der Waals surface area contributed by atoms with Gasteiger partial charge in [-0.15, -0.1) is 0 Å². The number of carbonyl (C=O) groups excluding carboxylic acids is 1. The summed E-state index contributed by atoms with van der Waals surface area (Å²) in [5.74, 6) is 0.00698. The number of alkyl halides is 3. The molecule has 0 aliphatic rings. The third-order valence-electron chi connectivity index (χ3n) is 0.970. The summed E-state index contributed by atoms with van der Waals surface area (Å²) in [5, 5.41) is 0. The Bertz CT molecular complexity index is 160. The summed E-state index contributed by atoms with van der Waals surface area (Å²) >= 11 is 2.14. The largest absolute Gasteiger partial charge is 0.319 e. The fraction of sp³-hybridized carbons (Fsp3) is 0.571. The minimum Gasteiger partial charge on any atom is -0.300 e. The van der Waals surface area contributed by atoms with Crippen molar-refractivity contribution in [1.29, 1.82) is 0 Å². The molecule has 0 aliphatic carbocycles. The first-order chi connectivity index (χ1) is 4.92. The van der Waals surface area contributed by atoms with Crippen LogP contribution in [-0.4, -0.2) is 10.6 Å². The zero-order valence-corrected chi connectivity index (χ0v) is 7.70. The van der Waals surface area contributed by atoms with Crippen molar-refractivity contribution in [2.45, 2.75) is 24.6 Å². The van der Waals surface area contributed by atoms with Crippen molar-refractivity contribution in [1.82, 2.24) is 0 Å². The van der Waals surface area contributed by atoms with Gasteiger partial charge in [-0.25, -0.2) is 0 Å². The maximum atomic E-state index is 12.0. The van der Waals surface area contributed by atoms with E-state index in [1.165, 1.54) is 13.0 Å². The molecule has 0 fully saturated rings. The van der Waals surface area contributed by atoms with Gasteiger partial charge >= 0.3 is 4.83 Å². The summed E-state index contributed by atoms with van der Waals surface area (Å²) in [4.78, 5) is 7.39. The molecular formula is C7H9BrF2O. The lowest BCUT2D eigenvalue weighted by atomic mass is 10.2. The van der Waals surface area contributed by atoms with Crippen LogP contribution in [0.4, 0.5) is 8.78 Å². The van der Waals surface area contributed by atoms with Crippen LogP contribution in [0.5, 0.6) is 0 Å². The van der Waals surface area contributed by atoms with Crippen LogP contribution in [0.25, 0.3) is 0 Å². The van der Waals surface area contributed by atoms with Crippen LogP contribution in [0.3, 0.4) is 0 Å². The molecule has 0 atom stereocenters. The van der Waals surface area contributed by atoms with Gasteiger partial charge in [-0.1, -0.05) is 6.08 Å². The molecule has 0 aromatic heterocycles. The molecule has 0 aliphatic heterocycles. The second-order valence-electron chi connectivity index (χ2n) is 2.18. The fourth-order valence-electron chi connectivity index (χ4n) is 0.504. The minimum atomic E-state index is -2.94. The number of carbonyl (C=O) groups is 1. The van der Waals surface area contributed by atoms with E-state index >= 15 is 0 Å². The number of hydrogen-bond donors (Lipinski definition) is 0. The third kappa shape index (κ3) is 9.75. The van der Waals surface area contributed by atoms with Crippen molar-refractivity contribution >= 4 is 21.7 Å². The molecule has 64 valence electrons. The summed E-state index contributed by atoms with van der Waals surface area (Å²) in [6.07, 6.45) is 2.71. The number of allylic oxidation sites excluding steroid dienone is 2. The Kier molecular flexibility index (Phi) is 4.49. The van der Waals surface area contributed by atoms with Gasteiger partial charge in [0.05, 0.1) is 0 Å². The van der Waals surface area contributed by atoms with Gasteiger partial charge in [0.2, 0.25) is 0 Å². The van der Waals surface area contributed by atoms with Gasteiger partial charge in [0.25, 0.3) is 0 Å². The highest BCUT2D eigenvalue weighted by molar-refractivity contribution is 9.10. The van der Waals surface area contributed by atoms with Crippen LogP contribution in [0.15, 0.2) is 12.2 Å². The van der Waals surface area contributed by atoms with Gasteiger partial charge in [0.1, 0.15) is 5.78 Å². The quantitative estimate of drug-likeness (QED) is 0.533. The van der Waals surface area contributed by atoms with E-state index in [9.17, 15) is 13.6 Å². The molecule has 0 N–H and O–H groups in total. The molecule has 0 saturated heterocycles. The zero-order valence-electron chi connectivity index (χ0n) is 6.11. The summed E-state index contributed by atoms with van der Waals surface area (Å²) in [7, 11) is 0. The lowest BCUT2D eigenvalue weighted by Crippen LogP contribution is -1.97. The van der Waals surface area contributed by atoms with Crippen LogP contribution < -0.4 is 0 Å². The number of ketones is 1. The van der Waals surface area contributed by atoms with E-state index < -0.39 is 4.83 Å². The Labute approximate surface area is 72.6 Å². The maximum Gasteiger partial charge on any atom is 0.319 e. The van der Waals surface area contributed by atoms with E-state index in [1.807, 2.05) is 0 Å². The van der Waals surface area contributed by atoms with Gasteiger partial charge in [-0.2, -0.15) is 8.78 Å². The predicted octanol–water partition coefficient (Wildman–Crippen LogP) is 2.90. The molecule has 0 spiro atoms. The van der Waals surface area contributed by atoms with Crippen molar-refractivity contribution in [3.05, 3.63) is 12.2 Å². The normalized spacial score (nSPS) is 12.4. The van der Waals surface area contributed by atoms with Gasteiger partial charge in [0, 0.05) is 6.42 Å². The predicted molar refractivity (Wildman–Crippen MR) is 42.9 cm³/mol. The Balaban J connectivity index is 3.54. The topological polar surface area (TPSA) is 17.1 Å². The Morgan fingerprint density at radius 2 is 2.18 bits per heavy atom. The number of Topliss-reactive ketones (excluding diaryl/α,β-unsaturated/α-hetero) is 1. The lowest BCUT2D eigenvalue weighted by Gasteiger charge is -1.98. The molecule has 0 radical (unpaired) electrons. The summed E-state index contributed by atoms with van der Waals surface area (Å²) < 4.78 is 24.0. The molecule has 0 aromatic carbocycles. The first kappa shape index (κ1) is 10.8.